The Morgan fingerprint density at radius 1 is 0.938 bits per heavy atom. The van der Waals surface area contributed by atoms with E-state index < -0.39 is 60.0 Å². The average Bonchev–Trinajstić information content (AvgIpc) is 2.77. The molecule has 32 heavy (non-hydrogen) atoms. The summed E-state index contributed by atoms with van der Waals surface area (Å²) in [5.41, 5.74) is -0.398. The van der Waals surface area contributed by atoms with Crippen molar-refractivity contribution in [2.75, 3.05) is 6.61 Å². The standard InChI is InChI=1S/C21H20O11/c22-7-14-17(27)18(28)19(29)21(31-14)32-20-15-10(24)5-12(8-1-3-9(23)4-2-8)30-13(15)6-11(25)16(20)26/h1-6,14,17-19,21-23,25-29H,7H2/t14-,17+,18+,19-,21+/m1/s1. The maximum Gasteiger partial charge on any atom is 0.229 e. The summed E-state index contributed by atoms with van der Waals surface area (Å²) < 4.78 is 16.3. The molecule has 0 radical (unpaired) electrons. The zero-order valence-electron chi connectivity index (χ0n) is 16.3. The van der Waals surface area contributed by atoms with Gasteiger partial charge in [-0.05, 0) is 24.3 Å². The fourth-order valence-electron chi connectivity index (χ4n) is 3.43. The van der Waals surface area contributed by atoms with Crippen LogP contribution < -0.4 is 10.2 Å². The summed E-state index contributed by atoms with van der Waals surface area (Å²) in [6.07, 6.45) is -8.21. The average molecular weight is 448 g/mol. The van der Waals surface area contributed by atoms with Gasteiger partial charge in [0, 0.05) is 17.7 Å². The first-order chi connectivity index (χ1) is 15.2. The van der Waals surface area contributed by atoms with E-state index in [2.05, 4.69) is 0 Å². The molecule has 1 aliphatic heterocycles. The summed E-state index contributed by atoms with van der Waals surface area (Å²) in [7, 11) is 0. The number of fused-ring (bicyclic) bond motifs is 1. The Morgan fingerprint density at radius 3 is 2.28 bits per heavy atom. The number of phenols is 3. The molecule has 0 aliphatic carbocycles. The predicted molar refractivity (Wildman–Crippen MR) is 107 cm³/mol. The molecule has 170 valence electrons. The minimum Gasteiger partial charge on any atom is -0.508 e. The maximum absolute atomic E-state index is 12.9. The fourth-order valence-corrected chi connectivity index (χ4v) is 3.43. The molecule has 0 unspecified atom stereocenters. The van der Waals surface area contributed by atoms with Crippen LogP contribution in [0.25, 0.3) is 22.3 Å². The quantitative estimate of drug-likeness (QED) is 0.261. The van der Waals surface area contributed by atoms with E-state index in [0.717, 1.165) is 12.1 Å². The van der Waals surface area contributed by atoms with Crippen molar-refractivity contribution in [2.24, 2.45) is 0 Å². The van der Waals surface area contributed by atoms with E-state index in [1.165, 1.54) is 24.3 Å². The van der Waals surface area contributed by atoms with Crippen LogP contribution in [0.4, 0.5) is 0 Å². The van der Waals surface area contributed by atoms with Crippen molar-refractivity contribution in [3.05, 3.63) is 46.6 Å². The Labute approximate surface area is 179 Å². The Balaban J connectivity index is 1.80. The van der Waals surface area contributed by atoms with Crippen LogP contribution >= 0.6 is 0 Å². The van der Waals surface area contributed by atoms with E-state index in [4.69, 9.17) is 13.9 Å². The third-order valence-electron chi connectivity index (χ3n) is 5.16. The number of hydrogen-bond acceptors (Lipinski definition) is 11. The van der Waals surface area contributed by atoms with Crippen LogP contribution in [0.3, 0.4) is 0 Å². The zero-order chi connectivity index (χ0) is 23.2. The highest BCUT2D eigenvalue weighted by atomic mass is 16.7. The second kappa shape index (κ2) is 8.30. The van der Waals surface area contributed by atoms with Gasteiger partial charge in [-0.2, -0.15) is 0 Å². The number of benzene rings is 2. The number of aromatic hydroxyl groups is 3. The number of hydrogen-bond donors (Lipinski definition) is 7. The molecule has 0 bridgehead atoms. The molecule has 2 aromatic carbocycles. The smallest absolute Gasteiger partial charge is 0.229 e. The molecule has 4 rings (SSSR count). The van der Waals surface area contributed by atoms with Gasteiger partial charge in [-0.3, -0.25) is 4.79 Å². The topological polar surface area (TPSA) is 190 Å². The molecular formula is C21H20O11. The van der Waals surface area contributed by atoms with E-state index in [1.54, 1.807) is 0 Å². The van der Waals surface area contributed by atoms with Crippen LogP contribution in [-0.4, -0.2) is 73.1 Å². The zero-order valence-corrected chi connectivity index (χ0v) is 16.3. The minimum absolute atomic E-state index is 0.00895. The molecule has 11 heteroatoms. The lowest BCUT2D eigenvalue weighted by Crippen LogP contribution is -2.60. The molecule has 2 heterocycles. The molecule has 5 atom stereocenters. The summed E-state index contributed by atoms with van der Waals surface area (Å²) >= 11 is 0. The molecule has 0 spiro atoms. The SMILES string of the molecule is O=c1cc(-c2ccc(O)cc2)oc2cc(O)c(O)c(O[C@@H]3O[C@H](CO)[C@H](O)[C@H](O)[C@H]3O)c12. The molecule has 3 aromatic rings. The van der Waals surface area contributed by atoms with Crippen molar-refractivity contribution < 1.29 is 49.6 Å². The van der Waals surface area contributed by atoms with Gasteiger partial charge in [0.05, 0.1) is 6.61 Å². The Kier molecular flexibility index (Phi) is 5.67. The first-order valence-electron chi connectivity index (χ1n) is 9.50. The molecule has 0 saturated carbocycles. The van der Waals surface area contributed by atoms with E-state index in [1.807, 2.05) is 0 Å². The van der Waals surface area contributed by atoms with Crippen LogP contribution in [0.1, 0.15) is 0 Å². The normalized spacial score (nSPS) is 25.7. The van der Waals surface area contributed by atoms with Crippen LogP contribution in [0, 0.1) is 0 Å². The monoisotopic (exact) mass is 448 g/mol. The highest BCUT2D eigenvalue weighted by Crippen LogP contribution is 2.43. The van der Waals surface area contributed by atoms with E-state index >= 15 is 0 Å². The molecule has 1 saturated heterocycles. The lowest BCUT2D eigenvalue weighted by Gasteiger charge is -2.39. The third kappa shape index (κ3) is 3.72. The second-order valence-electron chi connectivity index (χ2n) is 7.28. The molecule has 7 N–H and O–H groups in total. The number of rotatable bonds is 4. The molecule has 1 fully saturated rings. The van der Waals surface area contributed by atoms with Crippen molar-refractivity contribution >= 4 is 11.0 Å². The lowest BCUT2D eigenvalue weighted by atomic mass is 9.99. The van der Waals surface area contributed by atoms with Crippen molar-refractivity contribution in [2.45, 2.75) is 30.7 Å². The minimum atomic E-state index is -1.81. The Bertz CT molecular complexity index is 1190. The summed E-state index contributed by atoms with van der Waals surface area (Å²) in [4.78, 5) is 12.9. The summed E-state index contributed by atoms with van der Waals surface area (Å²) in [5, 5.41) is 68.9. The Morgan fingerprint density at radius 2 is 1.62 bits per heavy atom. The summed E-state index contributed by atoms with van der Waals surface area (Å²) in [6.45, 7) is -0.713. The number of aliphatic hydroxyl groups excluding tert-OH is 4. The van der Waals surface area contributed by atoms with Crippen LogP contribution in [-0.2, 0) is 4.74 Å². The number of aliphatic hydroxyl groups is 4. The summed E-state index contributed by atoms with van der Waals surface area (Å²) in [6, 6.07) is 7.89. The number of ether oxygens (including phenoxy) is 2. The van der Waals surface area contributed by atoms with Crippen LogP contribution in [0.2, 0.25) is 0 Å². The van der Waals surface area contributed by atoms with Gasteiger partial charge in [-0.15, -0.1) is 0 Å². The molecule has 11 nitrogen and oxygen atoms in total. The molecule has 1 aliphatic rings. The first kappa shape index (κ1) is 21.9. The van der Waals surface area contributed by atoms with Crippen LogP contribution in [0.5, 0.6) is 23.0 Å². The largest absolute Gasteiger partial charge is 0.508 e. The maximum atomic E-state index is 12.9. The molecule has 1 aromatic heterocycles. The van der Waals surface area contributed by atoms with E-state index in [9.17, 15) is 40.5 Å². The van der Waals surface area contributed by atoms with Crippen molar-refractivity contribution in [1.29, 1.82) is 0 Å². The fraction of sp³-hybridized carbons (Fsp3) is 0.286. The van der Waals surface area contributed by atoms with Gasteiger partial charge < -0.3 is 49.6 Å². The highest BCUT2D eigenvalue weighted by Gasteiger charge is 2.45. The number of phenolic OH excluding ortho intramolecular Hbond substituents is 3. The van der Waals surface area contributed by atoms with Gasteiger partial charge in [-0.1, -0.05) is 0 Å². The first-order valence-corrected chi connectivity index (χ1v) is 9.50. The lowest BCUT2D eigenvalue weighted by molar-refractivity contribution is -0.277. The van der Waals surface area contributed by atoms with E-state index in [-0.39, 0.29) is 22.5 Å². The van der Waals surface area contributed by atoms with Crippen molar-refractivity contribution in [1.82, 2.24) is 0 Å². The van der Waals surface area contributed by atoms with Crippen molar-refractivity contribution in [3.63, 3.8) is 0 Å². The van der Waals surface area contributed by atoms with Crippen LogP contribution in [0.15, 0.2) is 45.6 Å². The predicted octanol–water partition coefficient (Wildman–Crippen LogP) is -0.245. The highest BCUT2D eigenvalue weighted by molar-refractivity contribution is 5.89. The van der Waals surface area contributed by atoms with E-state index in [0.29, 0.717) is 5.56 Å². The molecular weight excluding hydrogens is 428 g/mol. The second-order valence-corrected chi connectivity index (χ2v) is 7.28. The summed E-state index contributed by atoms with van der Waals surface area (Å²) in [5.74, 6) is -2.03. The van der Waals surface area contributed by atoms with Gasteiger partial charge >= 0.3 is 0 Å². The van der Waals surface area contributed by atoms with Gasteiger partial charge in [0.1, 0.15) is 46.9 Å². The van der Waals surface area contributed by atoms with Gasteiger partial charge in [0.2, 0.25) is 12.0 Å². The van der Waals surface area contributed by atoms with Gasteiger partial charge in [0.15, 0.2) is 16.9 Å². The van der Waals surface area contributed by atoms with Crippen molar-refractivity contribution in [3.8, 4) is 34.3 Å². The third-order valence-corrected chi connectivity index (χ3v) is 5.16. The van der Waals surface area contributed by atoms with Gasteiger partial charge in [-0.25, -0.2) is 0 Å². The molecule has 0 amide bonds. The van der Waals surface area contributed by atoms with Gasteiger partial charge in [0.25, 0.3) is 0 Å². The Hall–Kier alpha value is -3.35.